The maximum absolute atomic E-state index is 8.74. The largest absolute Gasteiger partial charge is 0.395 e. The third-order valence-corrected chi connectivity index (χ3v) is 2.51. The van der Waals surface area contributed by atoms with Crippen LogP contribution in [0.4, 0.5) is 0 Å². The van der Waals surface area contributed by atoms with E-state index in [1.807, 2.05) is 6.08 Å². The number of aliphatic hydroxyl groups excluding tert-OH is 1. The number of aliphatic hydroxyl groups is 1. The second-order valence-electron chi connectivity index (χ2n) is 3.23. The van der Waals surface area contributed by atoms with Crippen molar-refractivity contribution in [2.24, 2.45) is 0 Å². The summed E-state index contributed by atoms with van der Waals surface area (Å²) >= 11 is 5.45. The van der Waals surface area contributed by atoms with Crippen LogP contribution >= 0.6 is 11.6 Å². The van der Waals surface area contributed by atoms with Gasteiger partial charge in [0.1, 0.15) is 0 Å². The molecule has 76 valence electrons. The molecule has 0 amide bonds. The maximum Gasteiger partial charge on any atom is 0.0558 e. The molecule has 0 aliphatic carbocycles. The quantitative estimate of drug-likeness (QED) is 0.716. The number of hydrogen-bond donors (Lipinski definition) is 1. The Morgan fingerprint density at radius 3 is 2.31 bits per heavy atom. The van der Waals surface area contributed by atoms with Crippen LogP contribution < -0.4 is 0 Å². The zero-order valence-electron chi connectivity index (χ0n) is 7.82. The lowest BCUT2D eigenvalue weighted by Crippen LogP contribution is -2.47. The van der Waals surface area contributed by atoms with E-state index >= 15 is 0 Å². The Morgan fingerprint density at radius 1 is 1.15 bits per heavy atom. The number of halogens is 1. The Balaban J connectivity index is 2.14. The summed E-state index contributed by atoms with van der Waals surface area (Å²) in [5, 5.41) is 8.74. The van der Waals surface area contributed by atoms with Crippen LogP contribution in [0.5, 0.6) is 0 Å². The highest BCUT2D eigenvalue weighted by Crippen LogP contribution is 2.00. The van der Waals surface area contributed by atoms with Gasteiger partial charge in [-0.3, -0.25) is 9.80 Å². The monoisotopic (exact) mass is 204 g/mol. The van der Waals surface area contributed by atoms with Gasteiger partial charge in [-0.1, -0.05) is 17.7 Å². The number of β-amino-alcohol motifs (C(OH)–C–C–N with tert-alkyl or cyclic N) is 1. The summed E-state index contributed by atoms with van der Waals surface area (Å²) in [7, 11) is 0. The third-order valence-electron chi connectivity index (χ3n) is 2.33. The molecular weight excluding hydrogens is 188 g/mol. The van der Waals surface area contributed by atoms with Gasteiger partial charge < -0.3 is 5.11 Å². The Morgan fingerprint density at radius 2 is 1.77 bits per heavy atom. The van der Waals surface area contributed by atoms with E-state index in [0.717, 1.165) is 39.3 Å². The fraction of sp³-hybridized carbons (Fsp3) is 0.778. The molecule has 0 radical (unpaired) electrons. The third kappa shape index (κ3) is 4.09. The molecule has 3 nitrogen and oxygen atoms in total. The highest BCUT2D eigenvalue weighted by molar-refractivity contribution is 6.25. The molecule has 13 heavy (non-hydrogen) atoms. The van der Waals surface area contributed by atoms with Gasteiger partial charge in [-0.05, 0) is 0 Å². The van der Waals surface area contributed by atoms with E-state index in [9.17, 15) is 0 Å². The minimum atomic E-state index is 0.265. The first-order valence-electron chi connectivity index (χ1n) is 4.67. The molecule has 1 N–H and O–H groups in total. The first-order chi connectivity index (χ1) is 6.36. The van der Waals surface area contributed by atoms with Gasteiger partial charge in [0.15, 0.2) is 0 Å². The van der Waals surface area contributed by atoms with Crippen molar-refractivity contribution in [2.75, 3.05) is 45.9 Å². The number of hydrogen-bond acceptors (Lipinski definition) is 3. The van der Waals surface area contributed by atoms with Crippen molar-refractivity contribution >= 4 is 11.6 Å². The van der Waals surface area contributed by atoms with Gasteiger partial charge in [0.2, 0.25) is 0 Å². The second-order valence-corrected chi connectivity index (χ2v) is 3.48. The zero-order valence-corrected chi connectivity index (χ0v) is 8.58. The molecular formula is C9H17ClN2O. The number of rotatable bonds is 4. The Kier molecular flexibility index (Phi) is 5.39. The topological polar surface area (TPSA) is 26.7 Å². The summed E-state index contributed by atoms with van der Waals surface area (Å²) < 4.78 is 0. The number of nitrogens with zero attached hydrogens (tertiary/aromatic N) is 2. The average Bonchev–Trinajstić information content (AvgIpc) is 2.17. The Labute approximate surface area is 84.6 Å². The van der Waals surface area contributed by atoms with E-state index in [-0.39, 0.29) is 6.61 Å². The van der Waals surface area contributed by atoms with Gasteiger partial charge in [-0.2, -0.15) is 0 Å². The van der Waals surface area contributed by atoms with Crippen LogP contribution in [0.1, 0.15) is 0 Å². The van der Waals surface area contributed by atoms with Crippen LogP contribution in [0, 0.1) is 0 Å². The van der Waals surface area contributed by atoms with E-state index in [4.69, 9.17) is 16.7 Å². The molecule has 0 aromatic carbocycles. The van der Waals surface area contributed by atoms with Gasteiger partial charge in [-0.15, -0.1) is 0 Å². The molecule has 0 atom stereocenters. The fourth-order valence-corrected chi connectivity index (χ4v) is 1.61. The van der Waals surface area contributed by atoms with Gasteiger partial charge in [-0.25, -0.2) is 0 Å². The van der Waals surface area contributed by atoms with Crippen LogP contribution in [0.3, 0.4) is 0 Å². The Bertz CT molecular complexity index is 156. The fourth-order valence-electron chi connectivity index (χ4n) is 1.53. The molecule has 1 saturated heterocycles. The molecule has 0 unspecified atom stereocenters. The summed E-state index contributed by atoms with van der Waals surface area (Å²) in [6.07, 6.45) is 1.96. The summed E-state index contributed by atoms with van der Waals surface area (Å²) in [6, 6.07) is 0. The molecule has 4 heteroatoms. The molecule has 0 aromatic rings. The highest BCUT2D eigenvalue weighted by Gasteiger charge is 2.14. The first kappa shape index (κ1) is 11.0. The molecule has 1 aliphatic heterocycles. The molecule has 0 saturated carbocycles. The van der Waals surface area contributed by atoms with Crippen LogP contribution in [0.2, 0.25) is 0 Å². The van der Waals surface area contributed by atoms with E-state index in [1.54, 1.807) is 5.54 Å². The normalized spacial score (nSPS) is 21.4. The van der Waals surface area contributed by atoms with Crippen molar-refractivity contribution in [3.05, 3.63) is 11.6 Å². The van der Waals surface area contributed by atoms with Gasteiger partial charge in [0.25, 0.3) is 0 Å². The van der Waals surface area contributed by atoms with Gasteiger partial charge in [0, 0.05) is 44.8 Å². The molecule has 1 rings (SSSR count). The van der Waals surface area contributed by atoms with Crippen molar-refractivity contribution in [3.8, 4) is 0 Å². The number of piperazine rings is 1. The van der Waals surface area contributed by atoms with E-state index < -0.39 is 0 Å². The molecule has 0 aromatic heterocycles. The molecule has 0 spiro atoms. The average molecular weight is 205 g/mol. The SMILES string of the molecule is OCCN1CCN(C/C=C/Cl)CC1. The van der Waals surface area contributed by atoms with Gasteiger partial charge >= 0.3 is 0 Å². The van der Waals surface area contributed by atoms with E-state index in [2.05, 4.69) is 9.80 Å². The summed E-state index contributed by atoms with van der Waals surface area (Å²) in [5.41, 5.74) is 1.57. The summed E-state index contributed by atoms with van der Waals surface area (Å²) in [6.45, 7) is 6.26. The Hall–Kier alpha value is -0.0900. The van der Waals surface area contributed by atoms with E-state index in [0.29, 0.717) is 0 Å². The minimum Gasteiger partial charge on any atom is -0.395 e. The first-order valence-corrected chi connectivity index (χ1v) is 5.11. The van der Waals surface area contributed by atoms with Crippen molar-refractivity contribution in [1.82, 2.24) is 9.80 Å². The van der Waals surface area contributed by atoms with Crippen molar-refractivity contribution in [3.63, 3.8) is 0 Å². The van der Waals surface area contributed by atoms with E-state index in [1.165, 1.54) is 0 Å². The smallest absolute Gasteiger partial charge is 0.0558 e. The van der Waals surface area contributed by atoms with Crippen LogP contribution in [-0.4, -0.2) is 60.8 Å². The lowest BCUT2D eigenvalue weighted by atomic mass is 10.3. The maximum atomic E-state index is 8.74. The van der Waals surface area contributed by atoms with Crippen molar-refractivity contribution in [2.45, 2.75) is 0 Å². The lowest BCUT2D eigenvalue weighted by molar-refractivity contribution is 0.120. The lowest BCUT2D eigenvalue weighted by Gasteiger charge is -2.33. The summed E-state index contributed by atoms with van der Waals surface area (Å²) in [5.74, 6) is 0. The van der Waals surface area contributed by atoms with Crippen LogP contribution in [0.25, 0.3) is 0 Å². The molecule has 1 heterocycles. The van der Waals surface area contributed by atoms with Crippen molar-refractivity contribution in [1.29, 1.82) is 0 Å². The molecule has 1 aliphatic rings. The predicted octanol–water partition coefficient (Wildman–Crippen LogP) is 0.349. The highest BCUT2D eigenvalue weighted by atomic mass is 35.5. The second kappa shape index (κ2) is 6.38. The van der Waals surface area contributed by atoms with Gasteiger partial charge in [0.05, 0.1) is 6.61 Å². The molecule has 1 fully saturated rings. The predicted molar refractivity (Wildman–Crippen MR) is 55.0 cm³/mol. The standard InChI is InChI=1S/C9H17ClN2O/c10-2-1-3-11-4-6-12(7-5-11)8-9-13/h1-2,13H,3-9H2/b2-1+. The van der Waals surface area contributed by atoms with Crippen molar-refractivity contribution < 1.29 is 5.11 Å². The van der Waals surface area contributed by atoms with Crippen LogP contribution in [0.15, 0.2) is 11.6 Å². The van der Waals surface area contributed by atoms with Crippen LogP contribution in [-0.2, 0) is 0 Å². The zero-order chi connectivity index (χ0) is 9.52. The summed E-state index contributed by atoms with van der Waals surface area (Å²) in [4.78, 5) is 4.63. The molecule has 0 bridgehead atoms. The minimum absolute atomic E-state index is 0.265.